The fourth-order valence-corrected chi connectivity index (χ4v) is 9.69. The Kier molecular flexibility index (Phi) is 7.06. The predicted octanol–water partition coefficient (Wildman–Crippen LogP) is 15.9. The van der Waals surface area contributed by atoms with Crippen LogP contribution in [-0.2, 0) is 0 Å². The summed E-state index contributed by atoms with van der Waals surface area (Å²) in [5.74, 6) is 0. The molecule has 0 aliphatic heterocycles. The first kappa shape index (κ1) is 32.0. The molecular formula is C52H32N2O2S. The van der Waals surface area contributed by atoms with Crippen molar-refractivity contribution in [1.29, 1.82) is 0 Å². The molecule has 0 N–H and O–H groups in total. The average molecular weight is 749 g/mol. The van der Waals surface area contributed by atoms with Gasteiger partial charge in [-0.15, -0.1) is 11.3 Å². The summed E-state index contributed by atoms with van der Waals surface area (Å²) in [4.78, 5) is 4.68. The van der Waals surface area contributed by atoms with Gasteiger partial charge in [-0.2, -0.15) is 0 Å². The normalized spacial score (nSPS) is 11.9. The Bertz CT molecular complexity index is 3450. The first-order valence-corrected chi connectivity index (χ1v) is 20.0. The van der Waals surface area contributed by atoms with E-state index in [4.69, 9.17) is 8.83 Å². The van der Waals surface area contributed by atoms with E-state index in [-0.39, 0.29) is 0 Å². The van der Waals surface area contributed by atoms with Crippen molar-refractivity contribution >= 4 is 120 Å². The van der Waals surface area contributed by atoms with Gasteiger partial charge in [-0.1, -0.05) is 103 Å². The number of hydrogen-bond donors (Lipinski definition) is 0. The second kappa shape index (κ2) is 12.6. The van der Waals surface area contributed by atoms with E-state index >= 15 is 0 Å². The monoisotopic (exact) mass is 748 g/mol. The maximum atomic E-state index is 7.08. The van der Waals surface area contributed by atoms with Crippen molar-refractivity contribution in [3.8, 4) is 0 Å². The number of fused-ring (bicyclic) bond motifs is 11. The third kappa shape index (κ3) is 5.06. The van der Waals surface area contributed by atoms with Crippen LogP contribution >= 0.6 is 11.3 Å². The van der Waals surface area contributed by atoms with Gasteiger partial charge in [0.05, 0.1) is 5.69 Å². The molecule has 5 heteroatoms. The lowest BCUT2D eigenvalue weighted by Gasteiger charge is -2.29. The van der Waals surface area contributed by atoms with Gasteiger partial charge in [-0.25, -0.2) is 0 Å². The van der Waals surface area contributed by atoms with Crippen molar-refractivity contribution in [1.82, 2.24) is 0 Å². The minimum atomic E-state index is 0.824. The van der Waals surface area contributed by atoms with Crippen LogP contribution < -0.4 is 9.80 Å². The Hall–Kier alpha value is -7.34. The molecule has 0 unspecified atom stereocenters. The molecule has 0 saturated heterocycles. The zero-order valence-electron chi connectivity index (χ0n) is 30.6. The van der Waals surface area contributed by atoms with E-state index in [1.54, 1.807) is 0 Å². The van der Waals surface area contributed by atoms with E-state index in [1.807, 2.05) is 23.5 Å². The molecule has 12 rings (SSSR count). The van der Waals surface area contributed by atoms with Crippen LogP contribution in [0.15, 0.2) is 203 Å². The van der Waals surface area contributed by atoms with Crippen LogP contribution in [-0.4, -0.2) is 0 Å². The lowest BCUT2D eigenvalue weighted by Crippen LogP contribution is -2.13. The lowest BCUT2D eigenvalue weighted by molar-refractivity contribution is 0.669. The van der Waals surface area contributed by atoms with Crippen LogP contribution in [0.4, 0.5) is 34.1 Å². The summed E-state index contributed by atoms with van der Waals surface area (Å²) < 4.78 is 16.1. The highest BCUT2D eigenvalue weighted by Crippen LogP contribution is 2.49. The molecule has 0 fully saturated rings. The van der Waals surface area contributed by atoms with Gasteiger partial charge in [-0.3, -0.25) is 0 Å². The van der Waals surface area contributed by atoms with E-state index in [9.17, 15) is 0 Å². The van der Waals surface area contributed by atoms with Crippen molar-refractivity contribution in [2.45, 2.75) is 0 Å². The molecule has 57 heavy (non-hydrogen) atoms. The molecule has 9 aromatic carbocycles. The van der Waals surface area contributed by atoms with Gasteiger partial charge in [0.15, 0.2) is 5.58 Å². The maximum absolute atomic E-state index is 7.08. The number of nitrogens with zero attached hydrogens (tertiary/aromatic N) is 2. The summed E-state index contributed by atoms with van der Waals surface area (Å²) in [6.45, 7) is 0. The first-order chi connectivity index (χ1) is 28.2. The molecule has 0 aliphatic carbocycles. The van der Waals surface area contributed by atoms with Gasteiger partial charge in [0.1, 0.15) is 16.7 Å². The fourth-order valence-electron chi connectivity index (χ4n) is 8.60. The summed E-state index contributed by atoms with van der Waals surface area (Å²) in [6, 6.07) is 69.0. The third-order valence-electron chi connectivity index (χ3n) is 11.2. The van der Waals surface area contributed by atoms with Crippen LogP contribution in [0.5, 0.6) is 0 Å². The van der Waals surface area contributed by atoms with Gasteiger partial charge < -0.3 is 18.6 Å². The molecule has 4 nitrogen and oxygen atoms in total. The molecule has 3 aromatic heterocycles. The largest absolute Gasteiger partial charge is 0.456 e. The number of furan rings is 2. The number of anilines is 6. The molecular weight excluding hydrogens is 717 g/mol. The summed E-state index contributed by atoms with van der Waals surface area (Å²) in [5.41, 5.74) is 9.49. The highest BCUT2D eigenvalue weighted by Gasteiger charge is 2.25. The molecule has 0 radical (unpaired) electrons. The minimum Gasteiger partial charge on any atom is -0.456 e. The van der Waals surface area contributed by atoms with Gasteiger partial charge in [-0.05, 0) is 90.3 Å². The molecule has 0 amide bonds. The summed E-state index contributed by atoms with van der Waals surface area (Å²) in [7, 11) is 0. The Balaban J connectivity index is 1.19. The number of rotatable bonds is 6. The van der Waals surface area contributed by atoms with Gasteiger partial charge in [0.2, 0.25) is 0 Å². The van der Waals surface area contributed by atoms with Crippen LogP contribution in [0.25, 0.3) is 74.8 Å². The van der Waals surface area contributed by atoms with Crippen molar-refractivity contribution in [2.24, 2.45) is 0 Å². The SMILES string of the molecule is c1ccc(N(c2ccccc2)c2cc(N(c3ccc4c(c3)oc3ccccc34)c3ccc4sc5ccccc5c4c3)cc3c2oc2c4ccccc4ccc32)cc1. The summed E-state index contributed by atoms with van der Waals surface area (Å²) in [5, 5.41) is 9.04. The van der Waals surface area contributed by atoms with E-state index < -0.39 is 0 Å². The first-order valence-electron chi connectivity index (χ1n) is 19.2. The molecule has 268 valence electrons. The molecule has 0 bridgehead atoms. The van der Waals surface area contributed by atoms with E-state index in [0.717, 1.165) is 88.8 Å². The third-order valence-corrected chi connectivity index (χ3v) is 12.3. The van der Waals surface area contributed by atoms with E-state index in [0.29, 0.717) is 0 Å². The second-order valence-corrected chi connectivity index (χ2v) is 15.6. The molecule has 12 aromatic rings. The number of benzene rings is 9. The molecule has 0 saturated carbocycles. The van der Waals surface area contributed by atoms with Crippen LogP contribution in [0, 0.1) is 0 Å². The quantitative estimate of drug-likeness (QED) is 0.170. The molecule has 0 atom stereocenters. The van der Waals surface area contributed by atoms with Crippen molar-refractivity contribution in [3.63, 3.8) is 0 Å². The topological polar surface area (TPSA) is 32.8 Å². The number of para-hydroxylation sites is 3. The molecule has 0 spiro atoms. The summed E-state index contributed by atoms with van der Waals surface area (Å²) in [6.07, 6.45) is 0. The highest BCUT2D eigenvalue weighted by atomic mass is 32.1. The molecule has 3 heterocycles. The zero-order valence-corrected chi connectivity index (χ0v) is 31.4. The van der Waals surface area contributed by atoms with Gasteiger partial charge in [0.25, 0.3) is 0 Å². The minimum absolute atomic E-state index is 0.824. The zero-order chi connectivity index (χ0) is 37.5. The van der Waals surface area contributed by atoms with Crippen LogP contribution in [0.3, 0.4) is 0 Å². The van der Waals surface area contributed by atoms with Crippen molar-refractivity contribution in [3.05, 3.63) is 194 Å². The Labute approximate surface area is 331 Å². The fraction of sp³-hybridized carbons (Fsp3) is 0. The standard InChI is InChI=1S/C52H32N2O2S/c1-3-14-34(15-4-1)54(35-16-5-2-6-17-35)46-31-38(30-45-43-26-23-33-13-7-8-18-39(33)51(43)56-52(45)46)53(36-25-28-50-44(29-36)42-20-10-12-22-49(42)57-50)37-24-27-41-40-19-9-11-21-47(40)55-48(41)32-37/h1-32H. The number of thiophene rings is 1. The Morgan fingerprint density at radius 3 is 1.75 bits per heavy atom. The lowest BCUT2D eigenvalue weighted by atomic mass is 10.0. The van der Waals surface area contributed by atoms with Gasteiger partial charge in [0, 0.05) is 81.6 Å². The summed E-state index contributed by atoms with van der Waals surface area (Å²) >= 11 is 1.83. The number of hydrogen-bond acceptors (Lipinski definition) is 5. The highest BCUT2D eigenvalue weighted by molar-refractivity contribution is 7.25. The predicted molar refractivity (Wildman–Crippen MR) is 241 cm³/mol. The van der Waals surface area contributed by atoms with Gasteiger partial charge >= 0.3 is 0 Å². The second-order valence-electron chi connectivity index (χ2n) is 14.5. The average Bonchev–Trinajstić information content (AvgIpc) is 3.96. The van der Waals surface area contributed by atoms with Crippen molar-refractivity contribution in [2.75, 3.05) is 9.80 Å². The Morgan fingerprint density at radius 2 is 0.930 bits per heavy atom. The van der Waals surface area contributed by atoms with E-state index in [2.05, 4.69) is 192 Å². The van der Waals surface area contributed by atoms with Crippen LogP contribution in [0.1, 0.15) is 0 Å². The Morgan fingerprint density at radius 1 is 0.316 bits per heavy atom. The smallest absolute Gasteiger partial charge is 0.159 e. The maximum Gasteiger partial charge on any atom is 0.159 e. The molecule has 0 aliphatic rings. The van der Waals surface area contributed by atoms with E-state index in [1.165, 1.54) is 20.2 Å². The van der Waals surface area contributed by atoms with Crippen LogP contribution in [0.2, 0.25) is 0 Å². The van der Waals surface area contributed by atoms with Crippen molar-refractivity contribution < 1.29 is 8.83 Å².